The van der Waals surface area contributed by atoms with Gasteiger partial charge in [0.1, 0.15) is 11.5 Å². The number of aromatic nitrogens is 1. The first-order valence-electron chi connectivity index (χ1n) is 11.5. The molecule has 0 radical (unpaired) electrons. The number of allylic oxidation sites excluding steroid dienone is 1. The second-order valence-electron chi connectivity index (χ2n) is 8.43. The minimum Gasteiger partial charge on any atom is -0.497 e. The van der Waals surface area contributed by atoms with E-state index in [2.05, 4.69) is 20.9 Å². The van der Waals surface area contributed by atoms with E-state index in [4.69, 9.17) is 14.2 Å². The van der Waals surface area contributed by atoms with Gasteiger partial charge in [-0.15, -0.1) is 0 Å². The van der Waals surface area contributed by atoms with Crippen LogP contribution in [0.25, 0.3) is 6.08 Å². The summed E-state index contributed by atoms with van der Waals surface area (Å²) in [7, 11) is 1.58. The quantitative estimate of drug-likeness (QED) is 0.394. The first kappa shape index (κ1) is 25.9. The molecule has 1 aliphatic heterocycles. The molecule has 0 aliphatic carbocycles. The summed E-state index contributed by atoms with van der Waals surface area (Å²) in [6.07, 6.45) is 1.78. The topological polar surface area (TPSA) is 79.1 Å². The van der Waals surface area contributed by atoms with Crippen LogP contribution in [0.5, 0.6) is 11.5 Å². The van der Waals surface area contributed by atoms with Crippen LogP contribution in [-0.2, 0) is 9.53 Å². The molecular formula is C27H27BrN2O5S. The Balaban J connectivity index is 1.96. The van der Waals surface area contributed by atoms with Crippen molar-refractivity contribution in [2.75, 3.05) is 13.7 Å². The van der Waals surface area contributed by atoms with Crippen molar-refractivity contribution >= 4 is 39.3 Å². The largest absolute Gasteiger partial charge is 0.497 e. The van der Waals surface area contributed by atoms with Crippen LogP contribution >= 0.6 is 27.3 Å². The number of hydrogen-bond donors (Lipinski definition) is 0. The minimum absolute atomic E-state index is 0.0256. The minimum atomic E-state index is -0.702. The molecule has 36 heavy (non-hydrogen) atoms. The summed E-state index contributed by atoms with van der Waals surface area (Å²) in [5.41, 5.74) is 2.08. The van der Waals surface area contributed by atoms with Crippen molar-refractivity contribution in [3.63, 3.8) is 0 Å². The molecule has 4 rings (SSSR count). The summed E-state index contributed by atoms with van der Waals surface area (Å²) in [5, 5.41) is 0. The van der Waals surface area contributed by atoms with Crippen LogP contribution in [-0.4, -0.2) is 30.4 Å². The highest BCUT2D eigenvalue weighted by atomic mass is 79.9. The van der Waals surface area contributed by atoms with Crippen molar-refractivity contribution in [1.29, 1.82) is 0 Å². The average molecular weight is 571 g/mol. The fourth-order valence-corrected chi connectivity index (χ4v) is 5.47. The van der Waals surface area contributed by atoms with Crippen LogP contribution in [0.4, 0.5) is 0 Å². The van der Waals surface area contributed by atoms with E-state index in [0.717, 1.165) is 15.6 Å². The van der Waals surface area contributed by atoms with E-state index < -0.39 is 12.0 Å². The predicted molar refractivity (Wildman–Crippen MR) is 143 cm³/mol. The fraction of sp³-hybridized carbons (Fsp3) is 0.296. The van der Waals surface area contributed by atoms with Crippen molar-refractivity contribution < 1.29 is 19.0 Å². The Morgan fingerprint density at radius 1 is 1.25 bits per heavy atom. The summed E-state index contributed by atoms with van der Waals surface area (Å²) >= 11 is 4.78. The van der Waals surface area contributed by atoms with Gasteiger partial charge in [0.25, 0.3) is 5.56 Å². The smallest absolute Gasteiger partial charge is 0.338 e. The van der Waals surface area contributed by atoms with Crippen molar-refractivity contribution in [3.05, 3.63) is 89.0 Å². The van der Waals surface area contributed by atoms with E-state index in [1.54, 1.807) is 31.6 Å². The molecule has 2 heterocycles. The first-order chi connectivity index (χ1) is 17.2. The highest BCUT2D eigenvalue weighted by molar-refractivity contribution is 9.10. The van der Waals surface area contributed by atoms with Crippen LogP contribution in [0, 0.1) is 0 Å². The van der Waals surface area contributed by atoms with Crippen LogP contribution < -0.4 is 24.4 Å². The summed E-state index contributed by atoms with van der Waals surface area (Å²) in [5.74, 6) is 0.796. The number of rotatable bonds is 7. The molecule has 0 bridgehead atoms. The zero-order chi connectivity index (χ0) is 26.0. The predicted octanol–water partition coefficient (Wildman–Crippen LogP) is 4.36. The number of fused-ring (bicyclic) bond motifs is 1. The van der Waals surface area contributed by atoms with Gasteiger partial charge in [0, 0.05) is 10.0 Å². The zero-order valence-electron chi connectivity index (χ0n) is 20.7. The van der Waals surface area contributed by atoms with Gasteiger partial charge in [-0.05, 0) is 69.7 Å². The molecule has 0 N–H and O–H groups in total. The normalized spacial score (nSPS) is 15.5. The van der Waals surface area contributed by atoms with E-state index in [1.165, 1.54) is 11.3 Å². The van der Waals surface area contributed by atoms with Gasteiger partial charge in [-0.3, -0.25) is 9.36 Å². The van der Waals surface area contributed by atoms with Crippen molar-refractivity contribution in [2.45, 2.75) is 39.8 Å². The molecule has 188 valence electrons. The summed E-state index contributed by atoms with van der Waals surface area (Å²) in [6.45, 7) is 7.63. The number of carbonyl (C=O) groups is 1. The Kier molecular flexibility index (Phi) is 7.80. The summed E-state index contributed by atoms with van der Waals surface area (Å²) in [4.78, 5) is 32.0. The van der Waals surface area contributed by atoms with Crippen LogP contribution in [0.15, 0.2) is 68.0 Å². The van der Waals surface area contributed by atoms with Gasteiger partial charge < -0.3 is 14.2 Å². The molecule has 1 aromatic heterocycles. The third kappa shape index (κ3) is 5.17. The highest BCUT2D eigenvalue weighted by Crippen LogP contribution is 2.32. The molecule has 3 aromatic rings. The number of halogens is 1. The van der Waals surface area contributed by atoms with Gasteiger partial charge in [0.05, 0.1) is 41.7 Å². The van der Waals surface area contributed by atoms with E-state index in [9.17, 15) is 9.59 Å². The standard InChI is InChI=1S/C27H27BrN2O5S/c1-6-34-26(32)23-16(4)29-27-30(24(23)17-8-7-9-20(13-17)33-5)25(31)22(36-27)14-18-12-19(28)10-11-21(18)35-15(2)3/h7-15,24H,6H2,1-5H3/b22-14+/t24-/m1/s1. The molecule has 2 aromatic carbocycles. The van der Waals surface area contributed by atoms with Crippen molar-refractivity contribution in [1.82, 2.24) is 4.57 Å². The van der Waals surface area contributed by atoms with Crippen LogP contribution in [0.1, 0.15) is 44.9 Å². The Morgan fingerprint density at radius 2 is 2.03 bits per heavy atom. The van der Waals surface area contributed by atoms with Crippen molar-refractivity contribution in [3.8, 4) is 11.5 Å². The van der Waals surface area contributed by atoms with Gasteiger partial charge >= 0.3 is 5.97 Å². The third-order valence-electron chi connectivity index (χ3n) is 5.55. The molecule has 0 saturated carbocycles. The van der Waals surface area contributed by atoms with Crippen LogP contribution in [0.2, 0.25) is 0 Å². The van der Waals surface area contributed by atoms with Gasteiger partial charge in [-0.2, -0.15) is 0 Å². The maximum absolute atomic E-state index is 13.8. The maximum atomic E-state index is 13.8. The van der Waals surface area contributed by atoms with E-state index in [1.807, 2.05) is 56.3 Å². The average Bonchev–Trinajstić information content (AvgIpc) is 3.14. The Bertz CT molecular complexity index is 1520. The van der Waals surface area contributed by atoms with Gasteiger partial charge in [-0.1, -0.05) is 39.4 Å². The van der Waals surface area contributed by atoms with E-state index >= 15 is 0 Å². The lowest BCUT2D eigenvalue weighted by Gasteiger charge is -2.25. The lowest BCUT2D eigenvalue weighted by atomic mass is 9.95. The fourth-order valence-electron chi connectivity index (χ4n) is 4.05. The van der Waals surface area contributed by atoms with Crippen molar-refractivity contribution in [2.24, 2.45) is 4.99 Å². The van der Waals surface area contributed by atoms with Gasteiger partial charge in [0.15, 0.2) is 4.80 Å². The number of hydrogen-bond acceptors (Lipinski definition) is 7. The molecule has 0 unspecified atom stereocenters. The number of ether oxygens (including phenoxy) is 3. The second kappa shape index (κ2) is 10.8. The summed E-state index contributed by atoms with van der Waals surface area (Å²) < 4.78 is 19.6. The summed E-state index contributed by atoms with van der Waals surface area (Å²) in [6, 6.07) is 12.3. The lowest BCUT2D eigenvalue weighted by molar-refractivity contribution is -0.139. The Morgan fingerprint density at radius 3 is 2.72 bits per heavy atom. The maximum Gasteiger partial charge on any atom is 0.338 e. The van der Waals surface area contributed by atoms with Gasteiger partial charge in [-0.25, -0.2) is 9.79 Å². The number of nitrogens with zero attached hydrogens (tertiary/aromatic N) is 2. The zero-order valence-corrected chi connectivity index (χ0v) is 23.1. The Hall–Kier alpha value is -3.17. The second-order valence-corrected chi connectivity index (χ2v) is 10.4. The van der Waals surface area contributed by atoms with E-state index in [-0.39, 0.29) is 18.3 Å². The molecular weight excluding hydrogens is 544 g/mol. The number of benzene rings is 2. The third-order valence-corrected chi connectivity index (χ3v) is 7.02. The highest BCUT2D eigenvalue weighted by Gasteiger charge is 2.33. The molecule has 1 aliphatic rings. The van der Waals surface area contributed by atoms with Gasteiger partial charge in [0.2, 0.25) is 0 Å². The Labute approximate surface area is 221 Å². The molecule has 1 atom stereocenters. The molecule has 7 nitrogen and oxygen atoms in total. The van der Waals surface area contributed by atoms with E-state index in [0.29, 0.717) is 32.1 Å². The SMILES string of the molecule is CCOC(=O)C1=C(C)N=c2s/c(=C/c3cc(Br)ccc3OC(C)C)c(=O)n2[C@@H]1c1cccc(OC)c1. The van der Waals surface area contributed by atoms with Crippen LogP contribution in [0.3, 0.4) is 0 Å². The first-order valence-corrected chi connectivity index (χ1v) is 13.1. The number of methoxy groups -OCH3 is 1. The lowest BCUT2D eigenvalue weighted by Crippen LogP contribution is -2.39. The number of thiazole rings is 1. The molecule has 9 heteroatoms. The monoisotopic (exact) mass is 570 g/mol. The molecule has 0 saturated heterocycles. The number of esters is 1. The molecule has 0 fully saturated rings. The molecule has 0 amide bonds. The number of carbonyl (C=O) groups excluding carboxylic acids is 1. The molecule has 0 spiro atoms.